The van der Waals surface area contributed by atoms with Gasteiger partial charge in [-0.1, -0.05) is 24.3 Å². The summed E-state index contributed by atoms with van der Waals surface area (Å²) >= 11 is 5.88. The van der Waals surface area contributed by atoms with E-state index in [1.807, 2.05) is 54.7 Å². The summed E-state index contributed by atoms with van der Waals surface area (Å²) in [5.74, 6) is 0.456. The highest BCUT2D eigenvalue weighted by Gasteiger charge is 2.41. The van der Waals surface area contributed by atoms with Gasteiger partial charge >= 0.3 is 5.97 Å². The molecule has 8 heteroatoms. The second-order valence-corrected chi connectivity index (χ2v) is 9.69. The van der Waals surface area contributed by atoms with Crippen LogP contribution in [0.5, 0.6) is 5.75 Å². The SMILES string of the molecule is COC(=O)c1cccc(-n2c(C)cc(C3C(c4ccccn4)NC(=S)N3Cc3ccc(OC)cc3)c2C)c1. The van der Waals surface area contributed by atoms with Gasteiger partial charge in [-0.05, 0) is 85.7 Å². The first-order valence-electron chi connectivity index (χ1n) is 12.4. The number of nitrogens with zero attached hydrogens (tertiary/aromatic N) is 3. The third-order valence-electron chi connectivity index (χ3n) is 7.02. The first kappa shape index (κ1) is 25.5. The minimum atomic E-state index is -0.360. The summed E-state index contributed by atoms with van der Waals surface area (Å²) in [5, 5.41) is 4.22. The third-order valence-corrected chi connectivity index (χ3v) is 7.38. The largest absolute Gasteiger partial charge is 0.497 e. The first-order chi connectivity index (χ1) is 18.4. The standard InChI is InChI=1S/C30H30N4O3S/c1-19-16-25(20(2)34(19)23-9-7-8-22(17-23)29(35)37-4)28-27(26-10-5-6-15-31-26)32-30(38)33(28)18-21-11-13-24(36-3)14-12-21/h5-17,27-28H,18H2,1-4H3,(H,32,38). The minimum absolute atomic E-state index is 0.0942. The number of hydrogen-bond donors (Lipinski definition) is 1. The predicted molar refractivity (Wildman–Crippen MR) is 151 cm³/mol. The molecule has 1 aliphatic rings. The number of carbonyl (C=O) groups excluding carboxylic acids is 1. The monoisotopic (exact) mass is 526 g/mol. The zero-order valence-electron chi connectivity index (χ0n) is 21.8. The van der Waals surface area contributed by atoms with E-state index in [1.54, 1.807) is 13.2 Å². The Morgan fingerprint density at radius 3 is 2.50 bits per heavy atom. The molecule has 4 aromatic rings. The van der Waals surface area contributed by atoms with Gasteiger partial charge in [-0.3, -0.25) is 4.98 Å². The lowest BCUT2D eigenvalue weighted by molar-refractivity contribution is 0.0600. The Hall–Kier alpha value is -4.17. The number of nitrogens with one attached hydrogen (secondary N) is 1. The van der Waals surface area contributed by atoms with Crippen molar-refractivity contribution in [3.05, 3.63) is 113 Å². The van der Waals surface area contributed by atoms with Crippen molar-refractivity contribution in [1.29, 1.82) is 0 Å². The Morgan fingerprint density at radius 2 is 1.82 bits per heavy atom. The van der Waals surface area contributed by atoms with Gasteiger partial charge in [-0.15, -0.1) is 0 Å². The molecule has 0 amide bonds. The molecule has 0 bridgehead atoms. The van der Waals surface area contributed by atoms with E-state index in [4.69, 9.17) is 21.7 Å². The van der Waals surface area contributed by atoms with Crippen LogP contribution in [0.2, 0.25) is 0 Å². The minimum Gasteiger partial charge on any atom is -0.497 e. The Bertz CT molecular complexity index is 1470. The van der Waals surface area contributed by atoms with Crippen molar-refractivity contribution in [1.82, 2.24) is 19.8 Å². The Labute approximate surface area is 228 Å². The van der Waals surface area contributed by atoms with Gasteiger partial charge in [-0.25, -0.2) is 4.79 Å². The number of ether oxygens (including phenoxy) is 2. The Kier molecular flexibility index (Phi) is 7.15. The molecule has 0 radical (unpaired) electrons. The molecule has 0 saturated carbocycles. The van der Waals surface area contributed by atoms with E-state index in [0.29, 0.717) is 17.2 Å². The van der Waals surface area contributed by atoms with Crippen LogP contribution in [0.25, 0.3) is 5.69 Å². The molecule has 5 rings (SSSR count). The van der Waals surface area contributed by atoms with Gasteiger partial charge in [0.15, 0.2) is 5.11 Å². The second kappa shape index (κ2) is 10.7. The molecule has 38 heavy (non-hydrogen) atoms. The molecule has 0 aliphatic carbocycles. The van der Waals surface area contributed by atoms with Crippen molar-refractivity contribution in [2.75, 3.05) is 14.2 Å². The summed E-state index contributed by atoms with van der Waals surface area (Å²) < 4.78 is 12.5. The van der Waals surface area contributed by atoms with E-state index in [-0.39, 0.29) is 18.1 Å². The number of hydrogen-bond acceptors (Lipinski definition) is 5. The normalized spacial score (nSPS) is 16.8. The molecule has 2 atom stereocenters. The molecule has 0 spiro atoms. The molecule has 1 N–H and O–H groups in total. The predicted octanol–water partition coefficient (Wildman–Crippen LogP) is 5.46. The van der Waals surface area contributed by atoms with Gasteiger partial charge in [-0.2, -0.15) is 0 Å². The van der Waals surface area contributed by atoms with Crippen molar-refractivity contribution in [3.63, 3.8) is 0 Å². The fourth-order valence-corrected chi connectivity index (χ4v) is 5.52. The highest BCUT2D eigenvalue weighted by atomic mass is 32.1. The van der Waals surface area contributed by atoms with E-state index < -0.39 is 0 Å². The van der Waals surface area contributed by atoms with Crippen molar-refractivity contribution >= 4 is 23.3 Å². The summed E-state index contributed by atoms with van der Waals surface area (Å²) in [6.45, 7) is 4.81. The zero-order valence-corrected chi connectivity index (χ0v) is 22.7. The molecule has 7 nitrogen and oxygen atoms in total. The molecule has 194 valence electrons. The lowest BCUT2D eigenvalue weighted by Gasteiger charge is -2.28. The van der Waals surface area contributed by atoms with Gasteiger partial charge in [0.2, 0.25) is 0 Å². The van der Waals surface area contributed by atoms with E-state index in [1.165, 1.54) is 7.11 Å². The van der Waals surface area contributed by atoms with Crippen molar-refractivity contribution in [2.24, 2.45) is 0 Å². The van der Waals surface area contributed by atoms with Crippen LogP contribution in [-0.4, -0.2) is 39.8 Å². The maximum absolute atomic E-state index is 12.2. The highest BCUT2D eigenvalue weighted by molar-refractivity contribution is 7.80. The number of rotatable bonds is 7. The van der Waals surface area contributed by atoms with Gasteiger partial charge < -0.3 is 24.3 Å². The van der Waals surface area contributed by atoms with Gasteiger partial charge in [0.25, 0.3) is 0 Å². The summed E-state index contributed by atoms with van der Waals surface area (Å²) in [4.78, 5) is 19.1. The van der Waals surface area contributed by atoms with Crippen LogP contribution < -0.4 is 10.1 Å². The zero-order chi connectivity index (χ0) is 26.8. The number of esters is 1. The van der Waals surface area contributed by atoms with Gasteiger partial charge in [0.05, 0.1) is 37.6 Å². The molecular weight excluding hydrogens is 496 g/mol. The average Bonchev–Trinajstić information content (AvgIpc) is 3.43. The number of pyridine rings is 1. The summed E-state index contributed by atoms with van der Waals surface area (Å²) in [7, 11) is 3.06. The molecule has 1 fully saturated rings. The van der Waals surface area contributed by atoms with Crippen LogP contribution in [0.15, 0.2) is 79.0 Å². The van der Waals surface area contributed by atoms with Crippen LogP contribution >= 0.6 is 12.2 Å². The maximum atomic E-state index is 12.2. The molecule has 1 saturated heterocycles. The summed E-state index contributed by atoms with van der Waals surface area (Å²) in [6, 6.07) is 23.5. The molecule has 2 aromatic heterocycles. The highest BCUT2D eigenvalue weighted by Crippen LogP contribution is 2.42. The van der Waals surface area contributed by atoms with Crippen molar-refractivity contribution < 1.29 is 14.3 Å². The number of aryl methyl sites for hydroxylation is 1. The fourth-order valence-electron chi connectivity index (χ4n) is 5.22. The molecule has 1 aliphatic heterocycles. The van der Waals surface area contributed by atoms with Crippen molar-refractivity contribution in [2.45, 2.75) is 32.5 Å². The third kappa shape index (κ3) is 4.75. The quantitative estimate of drug-likeness (QED) is 0.253. The summed E-state index contributed by atoms with van der Waals surface area (Å²) in [6.07, 6.45) is 1.81. The average molecular weight is 527 g/mol. The van der Waals surface area contributed by atoms with Crippen LogP contribution in [0, 0.1) is 13.8 Å². The number of methoxy groups -OCH3 is 2. The van der Waals surface area contributed by atoms with Crippen LogP contribution in [-0.2, 0) is 11.3 Å². The maximum Gasteiger partial charge on any atom is 0.337 e. The van der Waals surface area contributed by atoms with E-state index >= 15 is 0 Å². The lowest BCUT2D eigenvalue weighted by atomic mass is 9.96. The van der Waals surface area contributed by atoms with E-state index in [0.717, 1.165) is 39.6 Å². The molecular formula is C30H30N4O3S. The lowest BCUT2D eigenvalue weighted by Crippen LogP contribution is -2.29. The molecule has 2 aromatic carbocycles. The number of benzene rings is 2. The Balaban J connectivity index is 1.59. The van der Waals surface area contributed by atoms with Crippen molar-refractivity contribution in [3.8, 4) is 11.4 Å². The topological polar surface area (TPSA) is 68.6 Å². The number of aromatic nitrogens is 2. The molecule has 2 unspecified atom stereocenters. The van der Waals surface area contributed by atoms with E-state index in [9.17, 15) is 4.79 Å². The van der Waals surface area contributed by atoms with Gasteiger partial charge in [0, 0.05) is 29.8 Å². The molecule has 3 heterocycles. The van der Waals surface area contributed by atoms with Gasteiger partial charge in [0.1, 0.15) is 5.75 Å². The first-order valence-corrected chi connectivity index (χ1v) is 12.8. The smallest absolute Gasteiger partial charge is 0.337 e. The fraction of sp³-hybridized carbons (Fsp3) is 0.233. The second-order valence-electron chi connectivity index (χ2n) is 9.31. The Morgan fingerprint density at radius 1 is 1.03 bits per heavy atom. The van der Waals surface area contributed by atoms with Crippen LogP contribution in [0.3, 0.4) is 0 Å². The number of carbonyl (C=O) groups is 1. The number of thiocarbonyl (C=S) groups is 1. The summed E-state index contributed by atoms with van der Waals surface area (Å²) in [5.41, 5.74) is 6.73. The van der Waals surface area contributed by atoms with E-state index in [2.05, 4.69) is 51.8 Å². The van der Waals surface area contributed by atoms with Crippen LogP contribution in [0.4, 0.5) is 0 Å². The van der Waals surface area contributed by atoms with Crippen LogP contribution in [0.1, 0.15) is 50.7 Å².